The number of hydrogen-bond donors (Lipinski definition) is 0. The molecular formula is C9H18ClF2NO2S. The van der Waals surface area contributed by atoms with E-state index in [0.717, 1.165) is 0 Å². The molecule has 98 valence electrons. The zero-order chi connectivity index (χ0) is 12.6. The van der Waals surface area contributed by atoms with E-state index in [2.05, 4.69) is 0 Å². The SMILES string of the molecule is CCS(=O)(=O)CCCN(CCCl)CC(F)F. The second-order valence-corrected chi connectivity index (χ2v) is 6.32. The van der Waals surface area contributed by atoms with Crippen LogP contribution in [0.5, 0.6) is 0 Å². The van der Waals surface area contributed by atoms with Gasteiger partial charge in [0.1, 0.15) is 9.84 Å². The quantitative estimate of drug-likeness (QED) is 0.601. The largest absolute Gasteiger partial charge is 0.297 e. The van der Waals surface area contributed by atoms with Crippen LogP contribution in [-0.4, -0.2) is 56.8 Å². The van der Waals surface area contributed by atoms with Crippen LogP contribution in [0.3, 0.4) is 0 Å². The van der Waals surface area contributed by atoms with Gasteiger partial charge in [-0.1, -0.05) is 6.92 Å². The van der Waals surface area contributed by atoms with E-state index in [4.69, 9.17) is 11.6 Å². The first-order chi connectivity index (χ1) is 7.41. The number of sulfone groups is 1. The Morgan fingerprint density at radius 3 is 2.38 bits per heavy atom. The van der Waals surface area contributed by atoms with Crippen LogP contribution in [0, 0.1) is 0 Å². The average Bonchev–Trinajstić information content (AvgIpc) is 2.17. The second-order valence-electron chi connectivity index (χ2n) is 3.47. The minimum Gasteiger partial charge on any atom is -0.297 e. The van der Waals surface area contributed by atoms with Crippen LogP contribution in [0.4, 0.5) is 8.78 Å². The van der Waals surface area contributed by atoms with Gasteiger partial charge in [0, 0.05) is 18.2 Å². The molecule has 3 nitrogen and oxygen atoms in total. The summed E-state index contributed by atoms with van der Waals surface area (Å²) in [5.41, 5.74) is 0. The third-order valence-electron chi connectivity index (χ3n) is 2.17. The highest BCUT2D eigenvalue weighted by atomic mass is 35.5. The highest BCUT2D eigenvalue weighted by molar-refractivity contribution is 7.91. The smallest absolute Gasteiger partial charge is 0.251 e. The van der Waals surface area contributed by atoms with Crippen molar-refractivity contribution in [1.82, 2.24) is 4.90 Å². The molecule has 0 unspecified atom stereocenters. The fourth-order valence-corrected chi connectivity index (χ4v) is 2.36. The summed E-state index contributed by atoms with van der Waals surface area (Å²) in [6, 6.07) is 0. The van der Waals surface area contributed by atoms with Crippen LogP contribution >= 0.6 is 11.6 Å². The van der Waals surface area contributed by atoms with Crippen molar-refractivity contribution in [2.75, 3.05) is 37.0 Å². The lowest BCUT2D eigenvalue weighted by molar-refractivity contribution is 0.0913. The number of nitrogens with zero attached hydrogens (tertiary/aromatic N) is 1. The van der Waals surface area contributed by atoms with E-state index in [-0.39, 0.29) is 23.9 Å². The first-order valence-electron chi connectivity index (χ1n) is 5.18. The van der Waals surface area contributed by atoms with Crippen LogP contribution in [0.15, 0.2) is 0 Å². The Hall–Kier alpha value is 0.0600. The van der Waals surface area contributed by atoms with E-state index in [1.807, 2.05) is 0 Å². The summed E-state index contributed by atoms with van der Waals surface area (Å²) in [6.07, 6.45) is -2.04. The first kappa shape index (κ1) is 16.1. The van der Waals surface area contributed by atoms with Gasteiger partial charge in [0.25, 0.3) is 6.43 Å². The second kappa shape index (κ2) is 8.20. The summed E-state index contributed by atoms with van der Waals surface area (Å²) in [6.45, 7) is 1.93. The maximum Gasteiger partial charge on any atom is 0.251 e. The van der Waals surface area contributed by atoms with E-state index in [9.17, 15) is 17.2 Å². The minimum atomic E-state index is -3.01. The molecule has 0 spiro atoms. The van der Waals surface area contributed by atoms with Crippen LogP contribution in [0.2, 0.25) is 0 Å². The number of halogens is 3. The fourth-order valence-electron chi connectivity index (χ4n) is 1.26. The average molecular weight is 278 g/mol. The topological polar surface area (TPSA) is 37.4 Å². The van der Waals surface area contributed by atoms with E-state index in [0.29, 0.717) is 19.5 Å². The first-order valence-corrected chi connectivity index (χ1v) is 7.53. The van der Waals surface area contributed by atoms with E-state index in [1.54, 1.807) is 6.92 Å². The van der Waals surface area contributed by atoms with Gasteiger partial charge in [-0.15, -0.1) is 11.6 Å². The van der Waals surface area contributed by atoms with Crippen LogP contribution < -0.4 is 0 Å². The Balaban J connectivity index is 3.93. The lowest BCUT2D eigenvalue weighted by Crippen LogP contribution is -2.32. The van der Waals surface area contributed by atoms with Crippen molar-refractivity contribution in [1.29, 1.82) is 0 Å². The Morgan fingerprint density at radius 1 is 1.31 bits per heavy atom. The summed E-state index contributed by atoms with van der Waals surface area (Å²) in [4.78, 5) is 1.49. The molecule has 0 aromatic rings. The van der Waals surface area contributed by atoms with Crippen molar-refractivity contribution in [2.24, 2.45) is 0 Å². The molecule has 0 saturated heterocycles. The summed E-state index contributed by atoms with van der Waals surface area (Å²) in [5.74, 6) is 0.413. The highest BCUT2D eigenvalue weighted by Crippen LogP contribution is 2.02. The molecule has 0 aliphatic rings. The maximum atomic E-state index is 12.1. The summed E-state index contributed by atoms with van der Waals surface area (Å²) < 4.78 is 46.6. The van der Waals surface area contributed by atoms with Crippen LogP contribution in [0.25, 0.3) is 0 Å². The molecule has 16 heavy (non-hydrogen) atoms. The molecule has 0 atom stereocenters. The van der Waals surface area contributed by atoms with Gasteiger partial charge in [0.15, 0.2) is 0 Å². The van der Waals surface area contributed by atoms with Crippen molar-refractivity contribution in [2.45, 2.75) is 19.8 Å². The normalized spacial score (nSPS) is 12.6. The molecule has 0 saturated carbocycles. The Kier molecular flexibility index (Phi) is 8.23. The van der Waals surface area contributed by atoms with Gasteiger partial charge < -0.3 is 0 Å². The Morgan fingerprint density at radius 2 is 1.94 bits per heavy atom. The predicted octanol–water partition coefficient (Wildman–Crippen LogP) is 1.62. The molecular weight excluding hydrogens is 260 g/mol. The van der Waals surface area contributed by atoms with Crippen molar-refractivity contribution in [3.8, 4) is 0 Å². The van der Waals surface area contributed by atoms with Gasteiger partial charge in [0.2, 0.25) is 0 Å². The van der Waals surface area contributed by atoms with Gasteiger partial charge in [-0.05, 0) is 13.0 Å². The maximum absolute atomic E-state index is 12.1. The molecule has 0 aromatic heterocycles. The van der Waals surface area contributed by atoms with E-state index < -0.39 is 16.3 Å². The lowest BCUT2D eigenvalue weighted by atomic mass is 10.4. The third-order valence-corrected chi connectivity index (χ3v) is 4.13. The molecule has 7 heteroatoms. The van der Waals surface area contributed by atoms with Gasteiger partial charge in [-0.3, -0.25) is 4.90 Å². The number of rotatable bonds is 9. The molecule has 0 bridgehead atoms. The molecule has 0 aromatic carbocycles. The van der Waals surface area contributed by atoms with Crippen molar-refractivity contribution in [3.05, 3.63) is 0 Å². The van der Waals surface area contributed by atoms with E-state index >= 15 is 0 Å². The Bertz CT molecular complexity index is 273. The molecule has 0 radical (unpaired) electrons. The molecule has 0 fully saturated rings. The standard InChI is InChI=1S/C9H18ClF2NO2S/c1-2-16(14,15)7-3-5-13(6-4-10)8-9(11)12/h9H,2-8H2,1H3. The lowest BCUT2D eigenvalue weighted by Gasteiger charge is -2.20. The molecule has 0 rings (SSSR count). The summed E-state index contributed by atoms with van der Waals surface area (Å²) in [5, 5.41) is 0. The van der Waals surface area contributed by atoms with Crippen molar-refractivity contribution >= 4 is 21.4 Å². The predicted molar refractivity (Wildman–Crippen MR) is 62.1 cm³/mol. The zero-order valence-corrected chi connectivity index (χ0v) is 10.9. The molecule has 0 N–H and O–H groups in total. The number of hydrogen-bond acceptors (Lipinski definition) is 3. The van der Waals surface area contributed by atoms with Gasteiger partial charge in [0.05, 0.1) is 12.3 Å². The summed E-state index contributed by atoms with van der Waals surface area (Å²) >= 11 is 5.47. The van der Waals surface area contributed by atoms with E-state index in [1.165, 1.54) is 4.90 Å². The number of alkyl halides is 3. The van der Waals surface area contributed by atoms with Crippen molar-refractivity contribution in [3.63, 3.8) is 0 Å². The monoisotopic (exact) mass is 277 g/mol. The van der Waals surface area contributed by atoms with Gasteiger partial charge in [-0.25, -0.2) is 17.2 Å². The van der Waals surface area contributed by atoms with Gasteiger partial charge in [-0.2, -0.15) is 0 Å². The van der Waals surface area contributed by atoms with Gasteiger partial charge >= 0.3 is 0 Å². The zero-order valence-electron chi connectivity index (χ0n) is 9.33. The minimum absolute atomic E-state index is 0.0471. The molecule has 0 aliphatic heterocycles. The van der Waals surface area contributed by atoms with Crippen LogP contribution in [-0.2, 0) is 9.84 Å². The van der Waals surface area contributed by atoms with Crippen molar-refractivity contribution < 1.29 is 17.2 Å². The third kappa shape index (κ3) is 8.24. The summed E-state index contributed by atoms with van der Waals surface area (Å²) in [7, 11) is -3.01. The molecule has 0 heterocycles. The van der Waals surface area contributed by atoms with Crippen LogP contribution in [0.1, 0.15) is 13.3 Å². The highest BCUT2D eigenvalue weighted by Gasteiger charge is 2.13. The Labute approximate surface area is 101 Å². The molecule has 0 amide bonds. The fraction of sp³-hybridized carbons (Fsp3) is 1.00. The molecule has 0 aliphatic carbocycles.